The van der Waals surface area contributed by atoms with Gasteiger partial charge in [-0.25, -0.2) is 4.79 Å². The van der Waals surface area contributed by atoms with Crippen LogP contribution in [-0.4, -0.2) is 35.9 Å². The number of amides is 1. The predicted molar refractivity (Wildman–Crippen MR) is 134 cm³/mol. The molecule has 0 atom stereocenters. The van der Waals surface area contributed by atoms with Crippen LogP contribution in [0.5, 0.6) is 5.75 Å². The van der Waals surface area contributed by atoms with Gasteiger partial charge in [0.15, 0.2) is 6.61 Å². The monoisotopic (exact) mass is 474 g/mol. The van der Waals surface area contributed by atoms with E-state index in [2.05, 4.69) is 9.88 Å². The molecule has 1 aromatic heterocycles. The smallest absolute Gasteiger partial charge is 0.355 e. The molecule has 0 aliphatic carbocycles. The van der Waals surface area contributed by atoms with Gasteiger partial charge in [-0.3, -0.25) is 9.59 Å². The number of aromatic nitrogens is 1. The Bertz CT molecular complexity index is 1220. The van der Waals surface area contributed by atoms with Crippen LogP contribution in [0.1, 0.15) is 39.8 Å². The Morgan fingerprint density at radius 1 is 1.00 bits per heavy atom. The van der Waals surface area contributed by atoms with Crippen molar-refractivity contribution in [1.82, 2.24) is 9.88 Å². The van der Waals surface area contributed by atoms with Crippen molar-refractivity contribution in [2.75, 3.05) is 13.7 Å². The number of ether oxygens (including phenoxy) is 2. The van der Waals surface area contributed by atoms with Gasteiger partial charge in [0, 0.05) is 30.4 Å². The Labute approximate surface area is 205 Å². The summed E-state index contributed by atoms with van der Waals surface area (Å²) in [5.41, 5.74) is 4.14. The van der Waals surface area contributed by atoms with E-state index in [1.807, 2.05) is 62.4 Å². The van der Waals surface area contributed by atoms with Gasteiger partial charge in [-0.05, 0) is 55.7 Å². The molecule has 0 fully saturated rings. The Hall–Kier alpha value is -4.13. The molecule has 0 radical (unpaired) electrons. The van der Waals surface area contributed by atoms with Crippen LogP contribution in [0, 0.1) is 13.8 Å². The lowest BCUT2D eigenvalue weighted by molar-refractivity contribution is -0.139. The number of aryl methyl sites for hydroxylation is 2. The molecule has 35 heavy (non-hydrogen) atoms. The van der Waals surface area contributed by atoms with Gasteiger partial charge in [-0.1, -0.05) is 42.5 Å². The van der Waals surface area contributed by atoms with Crippen LogP contribution in [0.2, 0.25) is 0 Å². The molecule has 3 rings (SSSR count). The van der Waals surface area contributed by atoms with Crippen molar-refractivity contribution in [2.45, 2.75) is 33.7 Å². The lowest BCUT2D eigenvalue weighted by atomic mass is 10.1. The van der Waals surface area contributed by atoms with Crippen LogP contribution >= 0.6 is 0 Å². The largest absolute Gasteiger partial charge is 0.497 e. The maximum absolute atomic E-state index is 12.9. The van der Waals surface area contributed by atoms with E-state index in [0.717, 1.165) is 34.7 Å². The molecule has 0 aliphatic heterocycles. The van der Waals surface area contributed by atoms with Crippen LogP contribution < -0.4 is 10.1 Å². The standard InChI is InChI=1S/C28H30N2O5/c1-19-16-25(20(2)30(19)15-14-22-10-12-24(34-4)13-11-22)27(32)18-35-28(33)26(29-21(3)31)17-23-8-6-5-7-9-23/h5-13,16-17H,14-15,18H2,1-4H3,(H,29,31). The molecule has 0 aliphatic rings. The van der Waals surface area contributed by atoms with E-state index in [9.17, 15) is 14.4 Å². The average Bonchev–Trinajstić information content (AvgIpc) is 3.14. The van der Waals surface area contributed by atoms with Gasteiger partial charge in [0.25, 0.3) is 0 Å². The first-order chi connectivity index (χ1) is 16.8. The third-order valence-electron chi connectivity index (χ3n) is 5.63. The highest BCUT2D eigenvalue weighted by Crippen LogP contribution is 2.18. The molecular formula is C28H30N2O5. The molecule has 7 heteroatoms. The first-order valence-corrected chi connectivity index (χ1v) is 11.3. The van der Waals surface area contributed by atoms with E-state index >= 15 is 0 Å². The second-order valence-corrected chi connectivity index (χ2v) is 8.18. The number of Topliss-reactive ketones (excluding diaryl/α,β-unsaturated/α-hetero) is 1. The maximum Gasteiger partial charge on any atom is 0.355 e. The number of nitrogens with one attached hydrogen (secondary N) is 1. The van der Waals surface area contributed by atoms with Crippen LogP contribution in [0.25, 0.3) is 6.08 Å². The molecule has 3 aromatic rings. The normalized spacial score (nSPS) is 11.1. The second-order valence-electron chi connectivity index (χ2n) is 8.18. The van der Waals surface area contributed by atoms with Crippen LogP contribution in [0.3, 0.4) is 0 Å². The molecule has 0 bridgehead atoms. The summed E-state index contributed by atoms with van der Waals surface area (Å²) in [7, 11) is 1.64. The molecule has 1 heterocycles. The predicted octanol–water partition coefficient (Wildman–Crippen LogP) is 4.26. The van der Waals surface area contributed by atoms with Crippen LogP contribution in [0.4, 0.5) is 0 Å². The third-order valence-corrected chi connectivity index (χ3v) is 5.63. The van der Waals surface area contributed by atoms with Crippen molar-refractivity contribution in [1.29, 1.82) is 0 Å². The number of carbonyl (C=O) groups is 3. The molecule has 0 unspecified atom stereocenters. The average molecular weight is 475 g/mol. The van der Waals surface area contributed by atoms with Gasteiger partial charge in [0.05, 0.1) is 7.11 Å². The van der Waals surface area contributed by atoms with E-state index in [-0.39, 0.29) is 11.5 Å². The molecule has 0 saturated heterocycles. The summed E-state index contributed by atoms with van der Waals surface area (Å²) in [6.45, 7) is 5.42. The zero-order valence-corrected chi connectivity index (χ0v) is 20.5. The number of rotatable bonds is 10. The number of benzene rings is 2. The van der Waals surface area contributed by atoms with E-state index in [4.69, 9.17) is 9.47 Å². The zero-order chi connectivity index (χ0) is 25.4. The quantitative estimate of drug-likeness (QED) is 0.270. The van der Waals surface area contributed by atoms with E-state index in [0.29, 0.717) is 12.1 Å². The van der Waals surface area contributed by atoms with Crippen molar-refractivity contribution < 1.29 is 23.9 Å². The summed E-state index contributed by atoms with van der Waals surface area (Å²) in [4.78, 5) is 37.0. The maximum atomic E-state index is 12.9. The van der Waals surface area contributed by atoms with Crippen molar-refractivity contribution in [3.8, 4) is 5.75 Å². The number of carbonyl (C=O) groups excluding carboxylic acids is 3. The fourth-order valence-corrected chi connectivity index (χ4v) is 3.80. The lowest BCUT2D eigenvalue weighted by Gasteiger charge is -2.11. The molecule has 182 valence electrons. The van der Waals surface area contributed by atoms with Crippen molar-refractivity contribution in [3.63, 3.8) is 0 Å². The molecular weight excluding hydrogens is 444 g/mol. The summed E-state index contributed by atoms with van der Waals surface area (Å²) in [5.74, 6) is -0.671. The minimum atomic E-state index is -0.772. The molecule has 2 aromatic carbocycles. The number of methoxy groups -OCH3 is 1. The number of hydrogen-bond donors (Lipinski definition) is 1. The Kier molecular flexibility index (Phi) is 8.62. The highest BCUT2D eigenvalue weighted by molar-refractivity contribution is 6.02. The molecule has 0 saturated carbocycles. The minimum Gasteiger partial charge on any atom is -0.497 e. The highest BCUT2D eigenvalue weighted by Gasteiger charge is 2.19. The minimum absolute atomic E-state index is 0.0264. The first kappa shape index (κ1) is 25.5. The fraction of sp³-hybridized carbons (Fsp3) is 0.250. The van der Waals surface area contributed by atoms with Gasteiger partial charge in [0.1, 0.15) is 11.4 Å². The summed E-state index contributed by atoms with van der Waals surface area (Å²) in [6.07, 6.45) is 2.31. The number of ketones is 1. The molecule has 7 nitrogen and oxygen atoms in total. The molecule has 1 amide bonds. The van der Waals surface area contributed by atoms with E-state index in [1.165, 1.54) is 13.0 Å². The topological polar surface area (TPSA) is 86.6 Å². The van der Waals surface area contributed by atoms with E-state index < -0.39 is 18.5 Å². The van der Waals surface area contributed by atoms with Crippen LogP contribution in [0.15, 0.2) is 66.4 Å². The van der Waals surface area contributed by atoms with Crippen molar-refractivity contribution in [2.24, 2.45) is 0 Å². The van der Waals surface area contributed by atoms with Crippen molar-refractivity contribution >= 4 is 23.7 Å². The SMILES string of the molecule is COc1ccc(CCn2c(C)cc(C(=O)COC(=O)C(=Cc3ccccc3)NC(C)=O)c2C)cc1. The van der Waals surface area contributed by atoms with Crippen molar-refractivity contribution in [3.05, 3.63) is 94.4 Å². The Morgan fingerprint density at radius 2 is 1.69 bits per heavy atom. The number of esters is 1. The molecule has 0 spiro atoms. The van der Waals surface area contributed by atoms with Gasteiger partial charge >= 0.3 is 5.97 Å². The van der Waals surface area contributed by atoms with Gasteiger partial charge < -0.3 is 19.4 Å². The Balaban J connectivity index is 1.66. The van der Waals surface area contributed by atoms with Gasteiger partial charge in [0.2, 0.25) is 11.7 Å². The van der Waals surface area contributed by atoms with Crippen LogP contribution in [-0.2, 0) is 27.3 Å². The number of nitrogens with zero attached hydrogens (tertiary/aromatic N) is 1. The molecule has 1 N–H and O–H groups in total. The van der Waals surface area contributed by atoms with E-state index in [1.54, 1.807) is 19.2 Å². The summed E-state index contributed by atoms with van der Waals surface area (Å²) in [5, 5.41) is 2.48. The van der Waals surface area contributed by atoms with Gasteiger partial charge in [-0.15, -0.1) is 0 Å². The second kappa shape index (κ2) is 11.8. The fourth-order valence-electron chi connectivity index (χ4n) is 3.80. The highest BCUT2D eigenvalue weighted by atomic mass is 16.5. The van der Waals surface area contributed by atoms with Gasteiger partial charge in [-0.2, -0.15) is 0 Å². The summed E-state index contributed by atoms with van der Waals surface area (Å²) >= 11 is 0. The summed E-state index contributed by atoms with van der Waals surface area (Å²) < 4.78 is 12.5. The first-order valence-electron chi connectivity index (χ1n) is 11.3. The zero-order valence-electron chi connectivity index (χ0n) is 20.5. The number of hydrogen-bond acceptors (Lipinski definition) is 5. The third kappa shape index (κ3) is 6.93. The summed E-state index contributed by atoms with van der Waals surface area (Å²) in [6, 6.07) is 18.8. The Morgan fingerprint density at radius 3 is 2.31 bits per heavy atom. The lowest BCUT2D eigenvalue weighted by Crippen LogP contribution is -2.27.